The van der Waals surface area contributed by atoms with Crippen molar-refractivity contribution in [2.75, 3.05) is 27.4 Å². The van der Waals surface area contributed by atoms with Crippen LogP contribution in [0.4, 0.5) is 5.69 Å². The third kappa shape index (κ3) is 6.08. The first-order valence-corrected chi connectivity index (χ1v) is 9.27. The van der Waals surface area contributed by atoms with Crippen molar-refractivity contribution in [1.82, 2.24) is 10.7 Å². The number of nitro benzene ring substituents is 1. The summed E-state index contributed by atoms with van der Waals surface area (Å²) < 4.78 is 15.4. The van der Waals surface area contributed by atoms with Crippen molar-refractivity contribution in [1.29, 1.82) is 0 Å². The van der Waals surface area contributed by atoms with Crippen molar-refractivity contribution >= 4 is 23.7 Å². The number of carbonyl (C=O) groups is 2. The van der Waals surface area contributed by atoms with Crippen molar-refractivity contribution in [2.45, 2.75) is 6.92 Å². The maximum Gasteiger partial charge on any atom is 0.315 e. The molecule has 0 aromatic heterocycles. The summed E-state index contributed by atoms with van der Waals surface area (Å²) in [7, 11) is 2.90. The van der Waals surface area contributed by atoms with Gasteiger partial charge in [0, 0.05) is 17.2 Å². The minimum Gasteiger partial charge on any atom is -0.500 e. The second kappa shape index (κ2) is 11.2. The first-order chi connectivity index (χ1) is 15.3. The zero-order chi connectivity index (χ0) is 23.7. The number of nitrogens with zero attached hydrogens (tertiary/aromatic N) is 2. The van der Waals surface area contributed by atoms with Gasteiger partial charge in [-0.3, -0.25) is 19.7 Å². The summed E-state index contributed by atoms with van der Waals surface area (Å²) in [6.07, 6.45) is 1.14. The summed E-state index contributed by atoms with van der Waals surface area (Å²) in [6.45, 7) is 1.47. The highest BCUT2D eigenvalue weighted by molar-refractivity contribution is 5.97. The molecular formula is C20H22N4O8. The Morgan fingerprint density at radius 3 is 2.50 bits per heavy atom. The summed E-state index contributed by atoms with van der Waals surface area (Å²) in [5.41, 5.74) is 2.11. The normalized spacial score (nSPS) is 10.5. The van der Waals surface area contributed by atoms with Gasteiger partial charge >= 0.3 is 5.69 Å². The molecule has 170 valence electrons. The average molecular weight is 446 g/mol. The molecule has 0 aliphatic rings. The van der Waals surface area contributed by atoms with Crippen LogP contribution < -0.4 is 25.0 Å². The third-order valence-electron chi connectivity index (χ3n) is 4.03. The Labute approximate surface area is 182 Å². The third-order valence-corrected chi connectivity index (χ3v) is 4.03. The van der Waals surface area contributed by atoms with E-state index < -0.39 is 28.2 Å². The lowest BCUT2D eigenvalue weighted by Crippen LogP contribution is -2.34. The largest absolute Gasteiger partial charge is 0.500 e. The van der Waals surface area contributed by atoms with Gasteiger partial charge < -0.3 is 24.6 Å². The van der Waals surface area contributed by atoms with Gasteiger partial charge in [-0.25, -0.2) is 5.43 Å². The van der Waals surface area contributed by atoms with Crippen LogP contribution in [0.1, 0.15) is 22.8 Å². The van der Waals surface area contributed by atoms with E-state index in [4.69, 9.17) is 14.2 Å². The van der Waals surface area contributed by atoms with Gasteiger partial charge in [0.05, 0.1) is 38.5 Å². The molecule has 0 aliphatic heterocycles. The number of hydrogen-bond acceptors (Lipinski definition) is 9. The molecule has 0 heterocycles. The Morgan fingerprint density at radius 1 is 1.16 bits per heavy atom. The fraction of sp³-hybridized carbons (Fsp3) is 0.250. The van der Waals surface area contributed by atoms with Gasteiger partial charge in [-0.05, 0) is 31.2 Å². The van der Waals surface area contributed by atoms with Gasteiger partial charge in [0.2, 0.25) is 5.75 Å². The first-order valence-electron chi connectivity index (χ1n) is 9.27. The number of ether oxygens (including phenoxy) is 3. The molecule has 2 rings (SSSR count). The predicted octanol–water partition coefficient (Wildman–Crippen LogP) is 1.60. The molecule has 0 saturated carbocycles. The molecule has 2 amide bonds. The predicted molar refractivity (Wildman–Crippen MR) is 114 cm³/mol. The van der Waals surface area contributed by atoms with E-state index in [0.717, 1.165) is 12.3 Å². The van der Waals surface area contributed by atoms with Crippen LogP contribution in [-0.4, -0.2) is 55.4 Å². The summed E-state index contributed by atoms with van der Waals surface area (Å²) in [5.74, 6) is -1.01. The summed E-state index contributed by atoms with van der Waals surface area (Å²) in [5, 5.41) is 27.1. The van der Waals surface area contributed by atoms with Crippen molar-refractivity contribution in [3.63, 3.8) is 0 Å². The molecule has 0 atom stereocenters. The zero-order valence-corrected chi connectivity index (χ0v) is 17.6. The molecule has 0 bridgehead atoms. The smallest absolute Gasteiger partial charge is 0.315 e. The number of amides is 2. The SMILES string of the molecule is CCOc1cc(C=NNC(=O)CNC(=O)c2ccc(OC)c(OC)c2)cc([N+](=O)[O-])c1O. The number of nitro groups is 1. The molecule has 0 spiro atoms. The van der Waals surface area contributed by atoms with E-state index >= 15 is 0 Å². The number of rotatable bonds is 10. The summed E-state index contributed by atoms with van der Waals surface area (Å²) in [4.78, 5) is 34.5. The molecule has 12 nitrogen and oxygen atoms in total. The quantitative estimate of drug-likeness (QED) is 0.282. The van der Waals surface area contributed by atoms with Crippen LogP contribution in [0.2, 0.25) is 0 Å². The minimum atomic E-state index is -0.766. The standard InChI is InChI=1S/C20H22N4O8/c1-4-32-17-8-12(7-14(19(17)26)24(28)29)10-22-23-18(25)11-21-20(27)13-5-6-15(30-2)16(9-13)31-3/h5-10,26H,4,11H2,1-3H3,(H,21,27)(H,23,25). The van der Waals surface area contributed by atoms with Gasteiger partial charge in [0.1, 0.15) is 0 Å². The molecule has 0 saturated heterocycles. The molecule has 12 heteroatoms. The topological polar surface area (TPSA) is 162 Å². The van der Waals surface area contributed by atoms with E-state index in [-0.39, 0.29) is 30.0 Å². The van der Waals surface area contributed by atoms with Gasteiger partial charge in [0.15, 0.2) is 17.2 Å². The molecule has 2 aromatic carbocycles. The van der Waals surface area contributed by atoms with Crippen LogP contribution in [0.25, 0.3) is 0 Å². The van der Waals surface area contributed by atoms with E-state index in [0.29, 0.717) is 11.5 Å². The molecule has 0 aliphatic carbocycles. The van der Waals surface area contributed by atoms with E-state index in [9.17, 15) is 24.8 Å². The van der Waals surface area contributed by atoms with Crippen LogP contribution in [0.5, 0.6) is 23.0 Å². The van der Waals surface area contributed by atoms with Gasteiger partial charge in [-0.15, -0.1) is 0 Å². The van der Waals surface area contributed by atoms with Crippen LogP contribution in [0.15, 0.2) is 35.4 Å². The highest BCUT2D eigenvalue weighted by Crippen LogP contribution is 2.36. The number of aromatic hydroxyl groups is 1. The van der Waals surface area contributed by atoms with Crippen LogP contribution in [0.3, 0.4) is 0 Å². The van der Waals surface area contributed by atoms with Gasteiger partial charge in [-0.2, -0.15) is 5.10 Å². The first kappa shape index (κ1) is 23.9. The summed E-state index contributed by atoms with van der Waals surface area (Å²) >= 11 is 0. The van der Waals surface area contributed by atoms with Gasteiger partial charge in [0.25, 0.3) is 11.8 Å². The highest BCUT2D eigenvalue weighted by atomic mass is 16.6. The Bertz CT molecular complexity index is 1040. The molecule has 0 fully saturated rings. The van der Waals surface area contributed by atoms with E-state index in [1.54, 1.807) is 13.0 Å². The second-order valence-electron chi connectivity index (χ2n) is 6.12. The number of hydrazone groups is 1. The minimum absolute atomic E-state index is 0.0864. The van der Waals surface area contributed by atoms with Crippen molar-refractivity contribution in [3.05, 3.63) is 51.6 Å². The number of methoxy groups -OCH3 is 2. The Hall–Kier alpha value is -4.35. The molecule has 0 radical (unpaired) electrons. The molecule has 0 unspecified atom stereocenters. The molecule has 2 aromatic rings. The molecular weight excluding hydrogens is 424 g/mol. The number of nitrogens with one attached hydrogen (secondary N) is 2. The maximum absolute atomic E-state index is 12.2. The number of carbonyl (C=O) groups excluding carboxylic acids is 2. The average Bonchev–Trinajstić information content (AvgIpc) is 2.78. The van der Waals surface area contributed by atoms with Crippen molar-refractivity contribution < 1.29 is 33.8 Å². The zero-order valence-electron chi connectivity index (χ0n) is 17.6. The van der Waals surface area contributed by atoms with E-state index in [1.165, 1.54) is 32.4 Å². The highest BCUT2D eigenvalue weighted by Gasteiger charge is 2.19. The Balaban J connectivity index is 1.98. The number of phenolic OH excluding ortho intramolecular Hbond substituents is 1. The Kier molecular flexibility index (Phi) is 8.34. The lowest BCUT2D eigenvalue weighted by Gasteiger charge is -2.09. The van der Waals surface area contributed by atoms with Gasteiger partial charge in [-0.1, -0.05) is 0 Å². The lowest BCUT2D eigenvalue weighted by molar-refractivity contribution is -0.386. The van der Waals surface area contributed by atoms with Crippen LogP contribution in [0, 0.1) is 10.1 Å². The number of benzene rings is 2. The number of phenols is 1. The lowest BCUT2D eigenvalue weighted by atomic mass is 10.2. The van der Waals surface area contributed by atoms with Crippen LogP contribution in [-0.2, 0) is 4.79 Å². The second-order valence-corrected chi connectivity index (χ2v) is 6.12. The summed E-state index contributed by atoms with van der Waals surface area (Å²) in [6, 6.07) is 6.95. The molecule has 32 heavy (non-hydrogen) atoms. The fourth-order valence-corrected chi connectivity index (χ4v) is 2.55. The Morgan fingerprint density at radius 2 is 1.88 bits per heavy atom. The maximum atomic E-state index is 12.2. The van der Waals surface area contributed by atoms with Crippen LogP contribution >= 0.6 is 0 Å². The fourth-order valence-electron chi connectivity index (χ4n) is 2.55. The van der Waals surface area contributed by atoms with E-state index in [1.807, 2.05) is 0 Å². The number of hydrogen-bond donors (Lipinski definition) is 3. The van der Waals surface area contributed by atoms with Crippen molar-refractivity contribution in [2.24, 2.45) is 5.10 Å². The monoisotopic (exact) mass is 446 g/mol. The van der Waals surface area contributed by atoms with Crippen molar-refractivity contribution in [3.8, 4) is 23.0 Å². The molecule has 3 N–H and O–H groups in total. The van der Waals surface area contributed by atoms with E-state index in [2.05, 4.69) is 15.8 Å².